The molecular formula is C30H30F2N6O3. The molecule has 2 aliphatic rings. The van der Waals surface area contributed by atoms with E-state index >= 15 is 0 Å². The van der Waals surface area contributed by atoms with Crippen LogP contribution in [0.25, 0.3) is 22.3 Å². The summed E-state index contributed by atoms with van der Waals surface area (Å²) in [5, 5.41) is 6.78. The van der Waals surface area contributed by atoms with Crippen LogP contribution in [0, 0.1) is 25.5 Å². The number of amides is 3. The molecule has 4 aromatic rings. The molecule has 41 heavy (non-hydrogen) atoms. The molecule has 0 unspecified atom stereocenters. The zero-order valence-electron chi connectivity index (χ0n) is 23.1. The molecule has 9 nitrogen and oxygen atoms in total. The molecule has 3 amide bonds. The Bertz CT molecular complexity index is 1690. The minimum absolute atomic E-state index is 0.178. The van der Waals surface area contributed by atoms with Crippen molar-refractivity contribution in [2.24, 2.45) is 0 Å². The van der Waals surface area contributed by atoms with Crippen LogP contribution in [0.4, 0.5) is 19.3 Å². The topological polar surface area (TPSA) is 96.0 Å². The van der Waals surface area contributed by atoms with E-state index in [1.54, 1.807) is 11.9 Å². The van der Waals surface area contributed by atoms with Gasteiger partial charge in [-0.15, -0.1) is 0 Å². The van der Waals surface area contributed by atoms with Gasteiger partial charge in [-0.25, -0.2) is 18.6 Å². The van der Waals surface area contributed by atoms with Crippen LogP contribution in [0.15, 0.2) is 47.1 Å². The molecule has 1 saturated heterocycles. The fourth-order valence-corrected chi connectivity index (χ4v) is 6.00. The first kappa shape index (κ1) is 26.7. The molecule has 212 valence electrons. The van der Waals surface area contributed by atoms with Gasteiger partial charge in [0.1, 0.15) is 11.4 Å². The number of anilines is 1. The summed E-state index contributed by atoms with van der Waals surface area (Å²) >= 11 is 0. The molecule has 6 rings (SSSR count). The first-order chi connectivity index (χ1) is 19.8. The third kappa shape index (κ3) is 4.64. The Labute approximate surface area is 235 Å². The smallest absolute Gasteiger partial charge is 0.317 e. The maximum atomic E-state index is 14.3. The monoisotopic (exact) mass is 560 g/mol. The van der Waals surface area contributed by atoms with Crippen molar-refractivity contribution in [2.45, 2.75) is 45.6 Å². The summed E-state index contributed by atoms with van der Waals surface area (Å²) in [7, 11) is 1.60. The van der Waals surface area contributed by atoms with Gasteiger partial charge in [-0.3, -0.25) is 9.20 Å². The van der Waals surface area contributed by atoms with Crippen molar-refractivity contribution in [1.29, 1.82) is 0 Å². The maximum Gasteiger partial charge on any atom is 0.317 e. The average Bonchev–Trinajstić information content (AvgIpc) is 3.52. The molecule has 0 aliphatic carbocycles. The minimum atomic E-state index is -1.02. The molecule has 0 bridgehead atoms. The zero-order chi connectivity index (χ0) is 28.8. The highest BCUT2D eigenvalue weighted by molar-refractivity contribution is 5.95. The Morgan fingerprint density at radius 1 is 1.15 bits per heavy atom. The van der Waals surface area contributed by atoms with Crippen molar-refractivity contribution in [2.75, 3.05) is 25.0 Å². The number of piperidine rings is 1. The van der Waals surface area contributed by atoms with Crippen molar-refractivity contribution in [1.82, 2.24) is 24.8 Å². The van der Waals surface area contributed by atoms with E-state index in [9.17, 15) is 18.4 Å². The van der Waals surface area contributed by atoms with E-state index in [0.29, 0.717) is 55.9 Å². The molecular weight excluding hydrogens is 530 g/mol. The average molecular weight is 561 g/mol. The summed E-state index contributed by atoms with van der Waals surface area (Å²) in [6.07, 6.45) is 6.19. The lowest BCUT2D eigenvalue weighted by Gasteiger charge is -2.36. The molecule has 3 aromatic heterocycles. The van der Waals surface area contributed by atoms with Crippen LogP contribution in [-0.4, -0.2) is 51.5 Å². The lowest BCUT2D eigenvalue weighted by molar-refractivity contribution is -0.120. The van der Waals surface area contributed by atoms with Gasteiger partial charge >= 0.3 is 6.03 Å². The second kappa shape index (κ2) is 10.5. The summed E-state index contributed by atoms with van der Waals surface area (Å²) in [6.45, 7) is 4.67. The van der Waals surface area contributed by atoms with Crippen LogP contribution >= 0.6 is 0 Å². The van der Waals surface area contributed by atoms with Gasteiger partial charge in [0.05, 0.1) is 23.1 Å². The fraction of sp³-hybridized carbons (Fsp3) is 0.333. The van der Waals surface area contributed by atoms with Gasteiger partial charge in [0.25, 0.3) is 0 Å². The lowest BCUT2D eigenvalue weighted by Crippen LogP contribution is -2.41. The zero-order valence-corrected chi connectivity index (χ0v) is 23.1. The second-order valence-corrected chi connectivity index (χ2v) is 10.5. The van der Waals surface area contributed by atoms with Crippen LogP contribution < -0.4 is 10.2 Å². The Morgan fingerprint density at radius 3 is 2.71 bits per heavy atom. The molecule has 0 saturated carbocycles. The van der Waals surface area contributed by atoms with Crippen molar-refractivity contribution in [3.8, 4) is 11.1 Å². The predicted octanol–water partition coefficient (Wildman–Crippen LogP) is 5.57. The third-order valence-corrected chi connectivity index (χ3v) is 7.88. The second-order valence-electron chi connectivity index (χ2n) is 10.5. The van der Waals surface area contributed by atoms with E-state index < -0.39 is 17.7 Å². The molecule has 1 N–H and O–H groups in total. The SMILES string of the molecule is CNC(=O)N1CCC=C(c2c([C@@H]3CCCC(=O)N3c3ccc(F)c(F)c3)nc3cc(-c4c(C)noc4C)ccn23)C1. The van der Waals surface area contributed by atoms with Crippen LogP contribution in [0.5, 0.6) is 0 Å². The van der Waals surface area contributed by atoms with E-state index in [1.807, 2.05) is 36.6 Å². The van der Waals surface area contributed by atoms with Gasteiger partial charge in [0, 0.05) is 50.1 Å². The normalized spacial score (nSPS) is 17.7. The lowest BCUT2D eigenvalue weighted by atomic mass is 9.94. The van der Waals surface area contributed by atoms with Crippen LogP contribution in [0.2, 0.25) is 0 Å². The predicted molar refractivity (Wildman–Crippen MR) is 149 cm³/mol. The first-order valence-corrected chi connectivity index (χ1v) is 13.6. The van der Waals surface area contributed by atoms with Crippen LogP contribution in [0.3, 0.4) is 0 Å². The Hall–Kier alpha value is -4.54. The van der Waals surface area contributed by atoms with E-state index in [2.05, 4.69) is 16.5 Å². The molecule has 0 radical (unpaired) electrons. The summed E-state index contributed by atoms with van der Waals surface area (Å²) in [6, 6.07) is 6.74. The number of hydrogen-bond donors (Lipinski definition) is 1. The van der Waals surface area contributed by atoms with E-state index in [0.717, 1.165) is 40.2 Å². The molecule has 2 aliphatic heterocycles. The Kier molecular flexibility index (Phi) is 6.80. The van der Waals surface area contributed by atoms with Crippen LogP contribution in [0.1, 0.15) is 54.6 Å². The molecule has 1 atom stereocenters. The van der Waals surface area contributed by atoms with Gasteiger partial charge < -0.3 is 19.6 Å². The van der Waals surface area contributed by atoms with Crippen molar-refractivity contribution >= 4 is 28.8 Å². The largest absolute Gasteiger partial charge is 0.361 e. The van der Waals surface area contributed by atoms with Gasteiger partial charge in [-0.1, -0.05) is 11.2 Å². The van der Waals surface area contributed by atoms with Crippen molar-refractivity contribution < 1.29 is 22.9 Å². The fourth-order valence-electron chi connectivity index (χ4n) is 6.00. The van der Waals surface area contributed by atoms with Crippen LogP contribution in [-0.2, 0) is 4.79 Å². The summed E-state index contributed by atoms with van der Waals surface area (Å²) in [5.74, 6) is -1.49. The number of aromatic nitrogens is 3. The molecule has 1 fully saturated rings. The number of urea groups is 1. The van der Waals surface area contributed by atoms with Gasteiger partial charge in [-0.05, 0) is 68.5 Å². The van der Waals surface area contributed by atoms with Gasteiger partial charge in [-0.2, -0.15) is 0 Å². The number of halogens is 2. The summed E-state index contributed by atoms with van der Waals surface area (Å²) in [5.41, 5.74) is 5.79. The van der Waals surface area contributed by atoms with E-state index in [4.69, 9.17) is 9.51 Å². The number of hydrogen-bond acceptors (Lipinski definition) is 5. The first-order valence-electron chi connectivity index (χ1n) is 13.6. The number of pyridine rings is 1. The Balaban J connectivity index is 1.54. The third-order valence-electron chi connectivity index (χ3n) is 7.88. The van der Waals surface area contributed by atoms with Gasteiger partial charge in [0.15, 0.2) is 11.6 Å². The van der Waals surface area contributed by atoms with E-state index in [1.165, 1.54) is 11.0 Å². The number of nitrogens with zero attached hydrogens (tertiary/aromatic N) is 5. The molecule has 0 spiro atoms. The maximum absolute atomic E-state index is 14.3. The van der Waals surface area contributed by atoms with E-state index in [-0.39, 0.29) is 17.6 Å². The molecule has 11 heteroatoms. The number of aryl methyl sites for hydroxylation is 2. The number of fused-ring (bicyclic) bond motifs is 1. The Morgan fingerprint density at radius 2 is 1.98 bits per heavy atom. The number of rotatable bonds is 4. The van der Waals surface area contributed by atoms with Crippen molar-refractivity contribution in [3.63, 3.8) is 0 Å². The minimum Gasteiger partial charge on any atom is -0.361 e. The molecule has 1 aromatic carbocycles. The highest BCUT2D eigenvalue weighted by Gasteiger charge is 2.36. The summed E-state index contributed by atoms with van der Waals surface area (Å²) in [4.78, 5) is 34.2. The number of carbonyl (C=O) groups is 2. The number of benzene rings is 1. The summed E-state index contributed by atoms with van der Waals surface area (Å²) < 4.78 is 35.5. The van der Waals surface area contributed by atoms with Crippen molar-refractivity contribution in [3.05, 3.63) is 77.1 Å². The number of imidazole rings is 1. The highest BCUT2D eigenvalue weighted by atomic mass is 19.2. The highest BCUT2D eigenvalue weighted by Crippen LogP contribution is 2.40. The quantitative estimate of drug-likeness (QED) is 0.352. The number of carbonyl (C=O) groups excluding carboxylic acids is 2. The standard InChI is InChI=1S/C30H30F2N6O3/c1-17-27(18(2)41-35-17)19-11-13-37-25(14-19)34-28(29(37)20-6-5-12-36(16-20)30(40)33-3)24-7-4-8-26(39)38(24)21-9-10-22(31)23(32)15-21/h6,9-11,13-15,24H,4-5,7-8,12,16H2,1-3H3,(H,33,40)/t24-/m0/s1. The van der Waals surface area contributed by atoms with Gasteiger partial charge in [0.2, 0.25) is 5.91 Å². The molecule has 5 heterocycles. The number of nitrogens with one attached hydrogen (secondary N) is 1.